The first-order valence-corrected chi connectivity index (χ1v) is 8.38. The molecule has 3 heterocycles. The third kappa shape index (κ3) is 2.79. The molecule has 0 saturated carbocycles. The van der Waals surface area contributed by atoms with Crippen LogP contribution in [0.25, 0.3) is 11.2 Å². The fraction of sp³-hybridized carbons (Fsp3) is 0.625. The molecule has 0 aromatic carbocycles. The number of rotatable bonds is 5. The molecule has 1 fully saturated rings. The molecule has 0 N–H and O–H groups in total. The van der Waals surface area contributed by atoms with Crippen LogP contribution in [-0.2, 0) is 13.0 Å². The van der Waals surface area contributed by atoms with Crippen molar-refractivity contribution < 1.29 is 0 Å². The molecule has 0 aliphatic carbocycles. The van der Waals surface area contributed by atoms with Crippen LogP contribution in [0.3, 0.4) is 0 Å². The van der Waals surface area contributed by atoms with Gasteiger partial charge in [0.05, 0.1) is 0 Å². The number of aromatic nitrogens is 3. The summed E-state index contributed by atoms with van der Waals surface area (Å²) >= 11 is 5.96. The van der Waals surface area contributed by atoms with E-state index in [-0.39, 0.29) is 0 Å². The zero-order valence-electron chi connectivity index (χ0n) is 12.8. The smallest absolute Gasteiger partial charge is 0.160 e. The second-order valence-electron chi connectivity index (χ2n) is 5.80. The average Bonchev–Trinajstić information content (AvgIpc) is 3.06. The van der Waals surface area contributed by atoms with Gasteiger partial charge in [-0.15, -0.1) is 11.6 Å². The summed E-state index contributed by atoms with van der Waals surface area (Å²) in [5.74, 6) is 1.68. The second kappa shape index (κ2) is 6.32. The Morgan fingerprint density at radius 3 is 3.05 bits per heavy atom. The van der Waals surface area contributed by atoms with E-state index in [1.54, 1.807) is 0 Å². The maximum absolute atomic E-state index is 5.96. The minimum atomic E-state index is 0.601. The Hall–Kier alpha value is -1.13. The van der Waals surface area contributed by atoms with Crippen molar-refractivity contribution in [2.24, 2.45) is 0 Å². The first kappa shape index (κ1) is 14.8. The number of likely N-dealkylation sites (N-methyl/N-ethyl adjacent to an activating group) is 1. The second-order valence-corrected chi connectivity index (χ2v) is 6.18. The van der Waals surface area contributed by atoms with Crippen LogP contribution >= 0.6 is 11.6 Å². The first-order valence-electron chi connectivity index (χ1n) is 7.85. The van der Waals surface area contributed by atoms with Gasteiger partial charge in [-0.3, -0.25) is 4.90 Å². The Morgan fingerprint density at radius 1 is 1.43 bits per heavy atom. The van der Waals surface area contributed by atoms with E-state index in [0.29, 0.717) is 11.9 Å². The molecule has 1 unspecified atom stereocenters. The number of halogens is 1. The van der Waals surface area contributed by atoms with Crippen LogP contribution < -0.4 is 0 Å². The predicted octanol–water partition coefficient (Wildman–Crippen LogP) is 3.01. The van der Waals surface area contributed by atoms with Crippen LogP contribution in [0.1, 0.15) is 31.2 Å². The highest BCUT2D eigenvalue weighted by molar-refractivity contribution is 6.17. The highest BCUT2D eigenvalue weighted by Crippen LogP contribution is 2.23. The third-order valence-electron chi connectivity index (χ3n) is 4.53. The first-order chi connectivity index (χ1) is 10.2. The molecule has 0 spiro atoms. The van der Waals surface area contributed by atoms with Gasteiger partial charge in [-0.05, 0) is 44.5 Å². The molecule has 114 valence electrons. The number of imidazole rings is 1. The lowest BCUT2D eigenvalue weighted by Gasteiger charge is -2.24. The molecular formula is C16H23ClN4. The summed E-state index contributed by atoms with van der Waals surface area (Å²) in [6.45, 7) is 7.65. The van der Waals surface area contributed by atoms with E-state index in [1.807, 2.05) is 12.3 Å². The van der Waals surface area contributed by atoms with E-state index in [1.165, 1.54) is 24.9 Å². The standard InChI is InChI=1S/C16H23ClN4/c1-3-20-10-4-5-13(20)11-21-14(6-8-17)19-15-12(2)7-9-18-16(15)21/h7,9,13H,3-6,8,10-11H2,1-2H3. The van der Waals surface area contributed by atoms with Crippen LogP contribution in [0.2, 0.25) is 0 Å². The summed E-state index contributed by atoms with van der Waals surface area (Å²) in [7, 11) is 0. The summed E-state index contributed by atoms with van der Waals surface area (Å²) in [6.07, 6.45) is 5.24. The molecule has 0 radical (unpaired) electrons. The van der Waals surface area contributed by atoms with Gasteiger partial charge in [0.2, 0.25) is 0 Å². The van der Waals surface area contributed by atoms with Gasteiger partial charge < -0.3 is 4.57 Å². The van der Waals surface area contributed by atoms with E-state index in [0.717, 1.165) is 36.5 Å². The topological polar surface area (TPSA) is 34.0 Å². The van der Waals surface area contributed by atoms with Crippen molar-refractivity contribution in [1.82, 2.24) is 19.4 Å². The van der Waals surface area contributed by atoms with Crippen LogP contribution in [0.5, 0.6) is 0 Å². The van der Waals surface area contributed by atoms with Crippen LogP contribution in [0.15, 0.2) is 12.3 Å². The largest absolute Gasteiger partial charge is 0.311 e. The molecule has 2 aromatic heterocycles. The molecule has 0 amide bonds. The highest BCUT2D eigenvalue weighted by Gasteiger charge is 2.25. The van der Waals surface area contributed by atoms with Crippen molar-refractivity contribution in [3.05, 3.63) is 23.7 Å². The summed E-state index contributed by atoms with van der Waals surface area (Å²) in [5.41, 5.74) is 3.23. The van der Waals surface area contributed by atoms with Gasteiger partial charge in [0.15, 0.2) is 5.65 Å². The number of alkyl halides is 1. The van der Waals surface area contributed by atoms with Crippen molar-refractivity contribution in [1.29, 1.82) is 0 Å². The van der Waals surface area contributed by atoms with Gasteiger partial charge >= 0.3 is 0 Å². The van der Waals surface area contributed by atoms with Crippen molar-refractivity contribution in [3.8, 4) is 0 Å². The maximum Gasteiger partial charge on any atom is 0.160 e. The average molecular weight is 307 g/mol. The lowest BCUT2D eigenvalue weighted by Crippen LogP contribution is -2.33. The number of aryl methyl sites for hydroxylation is 2. The Bertz CT molecular complexity index is 622. The SMILES string of the molecule is CCN1CCCC1Cn1c(CCCl)nc2c(C)ccnc21. The van der Waals surface area contributed by atoms with Crippen molar-refractivity contribution in [2.75, 3.05) is 19.0 Å². The fourth-order valence-electron chi connectivity index (χ4n) is 3.38. The molecule has 0 bridgehead atoms. The molecular weight excluding hydrogens is 284 g/mol. The normalized spacial score (nSPS) is 19.7. The number of likely N-dealkylation sites (tertiary alicyclic amines) is 1. The summed E-state index contributed by atoms with van der Waals surface area (Å²) in [5, 5.41) is 0. The van der Waals surface area contributed by atoms with Gasteiger partial charge in [-0.1, -0.05) is 6.92 Å². The van der Waals surface area contributed by atoms with Crippen molar-refractivity contribution in [2.45, 2.75) is 45.7 Å². The van der Waals surface area contributed by atoms with E-state index in [4.69, 9.17) is 16.6 Å². The lowest BCUT2D eigenvalue weighted by atomic mass is 10.2. The monoisotopic (exact) mass is 306 g/mol. The zero-order valence-corrected chi connectivity index (χ0v) is 13.6. The van der Waals surface area contributed by atoms with Crippen molar-refractivity contribution >= 4 is 22.8 Å². The summed E-state index contributed by atoms with van der Waals surface area (Å²) < 4.78 is 2.30. The summed E-state index contributed by atoms with van der Waals surface area (Å²) in [6, 6.07) is 2.63. The molecule has 1 atom stereocenters. The Balaban J connectivity index is 1.99. The van der Waals surface area contributed by atoms with Crippen LogP contribution in [0, 0.1) is 6.92 Å². The number of fused-ring (bicyclic) bond motifs is 1. The summed E-state index contributed by atoms with van der Waals surface area (Å²) in [4.78, 5) is 11.9. The van der Waals surface area contributed by atoms with Gasteiger partial charge in [-0.2, -0.15) is 0 Å². The molecule has 1 saturated heterocycles. The Morgan fingerprint density at radius 2 is 2.29 bits per heavy atom. The highest BCUT2D eigenvalue weighted by atomic mass is 35.5. The minimum Gasteiger partial charge on any atom is -0.311 e. The molecule has 2 aromatic rings. The number of nitrogens with zero attached hydrogens (tertiary/aromatic N) is 4. The van der Waals surface area contributed by atoms with E-state index in [9.17, 15) is 0 Å². The Labute approximate surface area is 131 Å². The number of hydrogen-bond donors (Lipinski definition) is 0. The molecule has 4 nitrogen and oxygen atoms in total. The van der Waals surface area contributed by atoms with E-state index < -0.39 is 0 Å². The molecule has 1 aliphatic rings. The number of pyridine rings is 1. The van der Waals surface area contributed by atoms with Crippen LogP contribution in [-0.4, -0.2) is 44.4 Å². The fourth-order valence-corrected chi connectivity index (χ4v) is 3.55. The van der Waals surface area contributed by atoms with Crippen LogP contribution in [0.4, 0.5) is 0 Å². The molecule has 1 aliphatic heterocycles. The quantitative estimate of drug-likeness (QED) is 0.796. The maximum atomic E-state index is 5.96. The van der Waals surface area contributed by atoms with E-state index in [2.05, 4.69) is 28.3 Å². The third-order valence-corrected chi connectivity index (χ3v) is 4.72. The predicted molar refractivity (Wildman–Crippen MR) is 87.0 cm³/mol. The van der Waals surface area contributed by atoms with E-state index >= 15 is 0 Å². The van der Waals surface area contributed by atoms with Gasteiger partial charge in [0.25, 0.3) is 0 Å². The molecule has 21 heavy (non-hydrogen) atoms. The lowest BCUT2D eigenvalue weighted by molar-refractivity contribution is 0.244. The zero-order chi connectivity index (χ0) is 14.8. The Kier molecular flexibility index (Phi) is 4.45. The minimum absolute atomic E-state index is 0.601. The molecule has 3 rings (SSSR count). The molecule has 5 heteroatoms. The van der Waals surface area contributed by atoms with Gasteiger partial charge in [-0.25, -0.2) is 9.97 Å². The van der Waals surface area contributed by atoms with Crippen molar-refractivity contribution in [3.63, 3.8) is 0 Å². The van der Waals surface area contributed by atoms with Gasteiger partial charge in [0.1, 0.15) is 11.3 Å². The number of hydrogen-bond acceptors (Lipinski definition) is 3. The van der Waals surface area contributed by atoms with Gasteiger partial charge in [0, 0.05) is 31.1 Å².